The van der Waals surface area contributed by atoms with E-state index in [1.165, 1.54) is 31.2 Å². The van der Waals surface area contributed by atoms with Crippen LogP contribution in [0.3, 0.4) is 0 Å². The van der Waals surface area contributed by atoms with Gasteiger partial charge in [0.05, 0.1) is 0 Å². The van der Waals surface area contributed by atoms with Crippen LogP contribution < -0.4 is 4.90 Å². The lowest BCUT2D eigenvalue weighted by Crippen LogP contribution is -2.47. The van der Waals surface area contributed by atoms with Crippen molar-refractivity contribution < 1.29 is 0 Å². The second kappa shape index (κ2) is 7.12. The molecule has 1 saturated carbocycles. The van der Waals surface area contributed by atoms with Crippen LogP contribution in [0.2, 0.25) is 0 Å². The Morgan fingerprint density at radius 1 is 1.00 bits per heavy atom. The second-order valence-corrected chi connectivity index (χ2v) is 7.51. The van der Waals surface area contributed by atoms with Crippen LogP contribution in [-0.2, 0) is 0 Å². The van der Waals surface area contributed by atoms with E-state index >= 15 is 0 Å². The van der Waals surface area contributed by atoms with Crippen LogP contribution in [0.1, 0.15) is 49.9 Å². The molecule has 0 spiro atoms. The molecule has 4 rings (SSSR count). The van der Waals surface area contributed by atoms with Gasteiger partial charge in [0.2, 0.25) is 0 Å². The molecule has 1 unspecified atom stereocenters. The Kier molecular flexibility index (Phi) is 4.71. The van der Waals surface area contributed by atoms with Crippen LogP contribution in [0.5, 0.6) is 0 Å². The summed E-state index contributed by atoms with van der Waals surface area (Å²) in [7, 11) is 0. The molecule has 4 nitrogen and oxygen atoms in total. The van der Waals surface area contributed by atoms with E-state index < -0.39 is 0 Å². The number of aryl methyl sites for hydroxylation is 1. The Bertz CT molecular complexity index is 690. The van der Waals surface area contributed by atoms with Gasteiger partial charge in [-0.05, 0) is 45.1 Å². The number of hydrogen-bond donors (Lipinski definition) is 0. The lowest BCUT2D eigenvalue weighted by atomic mass is 9.99. The Balaban J connectivity index is 1.43. The lowest BCUT2D eigenvalue weighted by molar-refractivity contribution is 0.160. The molecule has 1 aliphatic carbocycles. The molecule has 2 fully saturated rings. The highest BCUT2D eigenvalue weighted by Gasteiger charge is 2.37. The van der Waals surface area contributed by atoms with Crippen molar-refractivity contribution in [2.45, 2.75) is 57.7 Å². The standard InChI is InChI=1S/C21H28N4/c1-16-14-21(23-15-22-16)25(19-8-9-19)20-10-12-24(13-11-20)17(2)18-6-4-3-5-7-18/h3-7,14-15,17,19-20H,8-13H2,1-2H3. The average Bonchev–Trinajstić information content (AvgIpc) is 3.48. The zero-order valence-corrected chi connectivity index (χ0v) is 15.3. The average molecular weight is 336 g/mol. The third kappa shape index (κ3) is 3.69. The van der Waals surface area contributed by atoms with Gasteiger partial charge in [-0.2, -0.15) is 0 Å². The predicted molar refractivity (Wildman–Crippen MR) is 102 cm³/mol. The first-order valence-electron chi connectivity index (χ1n) is 9.58. The van der Waals surface area contributed by atoms with Gasteiger partial charge in [0.15, 0.2) is 0 Å². The smallest absolute Gasteiger partial charge is 0.132 e. The topological polar surface area (TPSA) is 32.3 Å². The summed E-state index contributed by atoms with van der Waals surface area (Å²) in [6.07, 6.45) is 6.77. The number of aromatic nitrogens is 2. The first-order chi connectivity index (χ1) is 12.2. The third-order valence-corrected chi connectivity index (χ3v) is 5.72. The minimum absolute atomic E-state index is 0.498. The van der Waals surface area contributed by atoms with Gasteiger partial charge >= 0.3 is 0 Å². The van der Waals surface area contributed by atoms with E-state index in [4.69, 9.17) is 0 Å². The molecular formula is C21H28N4. The van der Waals surface area contributed by atoms with Gasteiger partial charge < -0.3 is 4.90 Å². The first-order valence-corrected chi connectivity index (χ1v) is 9.58. The molecule has 25 heavy (non-hydrogen) atoms. The fourth-order valence-corrected chi connectivity index (χ4v) is 4.10. The number of piperidine rings is 1. The number of benzene rings is 1. The molecule has 2 heterocycles. The van der Waals surface area contributed by atoms with Crippen molar-refractivity contribution in [1.29, 1.82) is 0 Å². The Morgan fingerprint density at radius 3 is 2.32 bits per heavy atom. The first kappa shape index (κ1) is 16.5. The maximum atomic E-state index is 4.58. The maximum Gasteiger partial charge on any atom is 0.132 e. The van der Waals surface area contributed by atoms with Crippen molar-refractivity contribution in [3.05, 3.63) is 54.0 Å². The van der Waals surface area contributed by atoms with E-state index in [9.17, 15) is 0 Å². The zero-order valence-electron chi connectivity index (χ0n) is 15.3. The molecule has 1 aromatic carbocycles. The molecule has 0 amide bonds. The largest absolute Gasteiger partial charge is 0.350 e. The quantitative estimate of drug-likeness (QED) is 0.827. The molecule has 4 heteroatoms. The molecule has 1 saturated heterocycles. The van der Waals surface area contributed by atoms with Gasteiger partial charge in [-0.25, -0.2) is 9.97 Å². The zero-order chi connectivity index (χ0) is 17.2. The van der Waals surface area contributed by atoms with Gasteiger partial charge in [-0.1, -0.05) is 30.3 Å². The van der Waals surface area contributed by atoms with Crippen LogP contribution in [0.4, 0.5) is 5.82 Å². The van der Waals surface area contributed by atoms with Gasteiger partial charge in [0, 0.05) is 43.0 Å². The van der Waals surface area contributed by atoms with E-state index in [1.807, 2.05) is 0 Å². The number of nitrogens with zero attached hydrogens (tertiary/aromatic N) is 4. The van der Waals surface area contributed by atoms with Crippen molar-refractivity contribution in [2.75, 3.05) is 18.0 Å². The molecule has 132 valence electrons. The van der Waals surface area contributed by atoms with Crippen LogP contribution >= 0.6 is 0 Å². The summed E-state index contributed by atoms with van der Waals surface area (Å²) in [4.78, 5) is 14.1. The molecule has 1 aromatic heterocycles. The van der Waals surface area contributed by atoms with Crippen molar-refractivity contribution in [3.8, 4) is 0 Å². The normalized spacial score (nSPS) is 20.4. The highest BCUT2D eigenvalue weighted by atomic mass is 15.3. The van der Waals surface area contributed by atoms with E-state index in [2.05, 4.69) is 70.0 Å². The summed E-state index contributed by atoms with van der Waals surface area (Å²) >= 11 is 0. The molecule has 0 bridgehead atoms. The second-order valence-electron chi connectivity index (χ2n) is 7.51. The lowest BCUT2D eigenvalue weighted by Gasteiger charge is -2.41. The van der Waals surface area contributed by atoms with E-state index in [0.717, 1.165) is 24.6 Å². The molecule has 2 aromatic rings. The minimum Gasteiger partial charge on any atom is -0.350 e. The van der Waals surface area contributed by atoms with E-state index in [-0.39, 0.29) is 0 Å². The monoisotopic (exact) mass is 336 g/mol. The van der Waals surface area contributed by atoms with Crippen molar-refractivity contribution in [1.82, 2.24) is 14.9 Å². The molecule has 0 N–H and O–H groups in total. The van der Waals surface area contributed by atoms with Crippen LogP contribution in [0.15, 0.2) is 42.7 Å². The third-order valence-electron chi connectivity index (χ3n) is 5.72. The maximum absolute atomic E-state index is 4.58. The van der Waals surface area contributed by atoms with Crippen molar-refractivity contribution in [3.63, 3.8) is 0 Å². The van der Waals surface area contributed by atoms with Gasteiger partial charge in [0.25, 0.3) is 0 Å². The van der Waals surface area contributed by atoms with Crippen LogP contribution in [0, 0.1) is 6.92 Å². The molecule has 1 atom stereocenters. The van der Waals surface area contributed by atoms with E-state index in [0.29, 0.717) is 18.1 Å². The minimum atomic E-state index is 0.498. The fourth-order valence-electron chi connectivity index (χ4n) is 4.10. The highest BCUT2D eigenvalue weighted by Crippen LogP contribution is 2.36. The Labute approximate surface area is 150 Å². The number of hydrogen-bond acceptors (Lipinski definition) is 4. The fraction of sp³-hybridized carbons (Fsp3) is 0.524. The predicted octanol–water partition coefficient (Wildman–Crippen LogP) is 3.98. The summed E-state index contributed by atoms with van der Waals surface area (Å²) in [5.41, 5.74) is 2.48. The van der Waals surface area contributed by atoms with Gasteiger partial charge in [-0.15, -0.1) is 0 Å². The van der Waals surface area contributed by atoms with E-state index in [1.54, 1.807) is 6.33 Å². The van der Waals surface area contributed by atoms with Crippen molar-refractivity contribution >= 4 is 5.82 Å². The number of anilines is 1. The van der Waals surface area contributed by atoms with Crippen molar-refractivity contribution in [2.24, 2.45) is 0 Å². The summed E-state index contributed by atoms with van der Waals surface area (Å²) in [6, 6.07) is 14.8. The Hall–Kier alpha value is -1.94. The van der Waals surface area contributed by atoms with Gasteiger partial charge in [-0.3, -0.25) is 4.90 Å². The SMILES string of the molecule is Cc1cc(N(C2CC2)C2CCN(C(C)c3ccccc3)CC2)ncn1. The summed E-state index contributed by atoms with van der Waals surface area (Å²) in [6.45, 7) is 6.71. The number of likely N-dealkylation sites (tertiary alicyclic amines) is 1. The van der Waals surface area contributed by atoms with Gasteiger partial charge in [0.1, 0.15) is 12.1 Å². The molecule has 1 aliphatic heterocycles. The summed E-state index contributed by atoms with van der Waals surface area (Å²) in [5, 5.41) is 0. The highest BCUT2D eigenvalue weighted by molar-refractivity contribution is 5.43. The summed E-state index contributed by atoms with van der Waals surface area (Å²) < 4.78 is 0. The molecule has 2 aliphatic rings. The Morgan fingerprint density at radius 2 is 1.68 bits per heavy atom. The summed E-state index contributed by atoms with van der Waals surface area (Å²) in [5.74, 6) is 1.13. The number of rotatable bonds is 5. The van der Waals surface area contributed by atoms with Crippen LogP contribution in [-0.4, -0.2) is 40.0 Å². The van der Waals surface area contributed by atoms with Crippen LogP contribution in [0.25, 0.3) is 0 Å². The molecule has 0 radical (unpaired) electrons. The molecular weight excluding hydrogens is 308 g/mol.